The maximum Gasteiger partial charge on any atom is 0.347 e. The van der Waals surface area contributed by atoms with Crippen LogP contribution in [0.1, 0.15) is 0 Å². The topological polar surface area (TPSA) is 53.6 Å². The Labute approximate surface area is 99.4 Å². The zero-order chi connectivity index (χ0) is 11.0. The average Bonchev–Trinajstić information content (AvgIpc) is 2.52. The van der Waals surface area contributed by atoms with Crippen LogP contribution in [0.25, 0.3) is 5.69 Å². The molecule has 2 aromatic rings. The van der Waals surface area contributed by atoms with E-state index in [2.05, 4.69) is 10.2 Å². The van der Waals surface area contributed by atoms with Gasteiger partial charge < -0.3 is 0 Å². The summed E-state index contributed by atoms with van der Waals surface area (Å²) in [5.41, 5.74) is 0.218. The van der Waals surface area contributed by atoms with Crippen LogP contribution in [0.15, 0.2) is 23.0 Å². The van der Waals surface area contributed by atoms with E-state index in [1.165, 1.54) is 4.57 Å². The molecule has 0 aliphatic rings. The van der Waals surface area contributed by atoms with Crippen LogP contribution in [-0.2, 0) is 0 Å². The Balaban J connectivity index is 2.70. The number of aromatic nitrogens is 3. The molecule has 0 saturated heterocycles. The number of benzene rings is 1. The Morgan fingerprint density at radius 3 is 2.47 bits per heavy atom. The number of hydrogen-bond acceptors (Lipinski definition) is 2. The highest BCUT2D eigenvalue weighted by molar-refractivity contribution is 7.71. The van der Waals surface area contributed by atoms with Crippen LogP contribution in [0, 0.1) is 4.77 Å². The van der Waals surface area contributed by atoms with Crippen LogP contribution < -0.4 is 5.69 Å². The van der Waals surface area contributed by atoms with Crippen molar-refractivity contribution < 1.29 is 0 Å². The van der Waals surface area contributed by atoms with Crippen LogP contribution in [0.3, 0.4) is 0 Å². The van der Waals surface area contributed by atoms with E-state index in [0.29, 0.717) is 15.7 Å². The zero-order valence-corrected chi connectivity index (χ0v) is 9.58. The van der Waals surface area contributed by atoms with E-state index in [1.807, 2.05) is 0 Å². The van der Waals surface area contributed by atoms with Crippen molar-refractivity contribution in [2.45, 2.75) is 0 Å². The largest absolute Gasteiger partial charge is 0.347 e. The molecule has 0 unspecified atom stereocenters. The molecule has 7 heteroatoms. The van der Waals surface area contributed by atoms with Gasteiger partial charge >= 0.3 is 5.69 Å². The summed E-state index contributed by atoms with van der Waals surface area (Å²) in [6.45, 7) is 0. The predicted octanol–water partition coefficient (Wildman–Crippen LogP) is 2.53. The number of aromatic amines is 2. The van der Waals surface area contributed by atoms with Crippen molar-refractivity contribution in [1.82, 2.24) is 14.8 Å². The Hall–Kier alpha value is -1.04. The van der Waals surface area contributed by atoms with E-state index in [9.17, 15) is 4.79 Å². The first-order valence-corrected chi connectivity index (χ1v) is 5.11. The quantitative estimate of drug-likeness (QED) is 0.776. The third-order valence-corrected chi connectivity index (χ3v) is 2.87. The van der Waals surface area contributed by atoms with E-state index in [-0.39, 0.29) is 10.5 Å². The van der Waals surface area contributed by atoms with Crippen molar-refractivity contribution in [2.75, 3.05) is 0 Å². The maximum atomic E-state index is 11.4. The molecule has 4 nitrogen and oxygen atoms in total. The predicted molar refractivity (Wildman–Crippen MR) is 61.6 cm³/mol. The summed E-state index contributed by atoms with van der Waals surface area (Å²) in [6, 6.07) is 4.84. The van der Waals surface area contributed by atoms with Crippen molar-refractivity contribution in [2.24, 2.45) is 0 Å². The van der Waals surface area contributed by atoms with Crippen molar-refractivity contribution in [3.8, 4) is 5.69 Å². The van der Waals surface area contributed by atoms with Gasteiger partial charge in [-0.05, 0) is 30.4 Å². The second-order valence-corrected chi connectivity index (χ2v) is 4.00. The Kier molecular flexibility index (Phi) is 2.68. The summed E-state index contributed by atoms with van der Waals surface area (Å²) in [5, 5.41) is 5.71. The van der Waals surface area contributed by atoms with Gasteiger partial charge in [0.15, 0.2) is 0 Å². The molecule has 0 radical (unpaired) electrons. The Morgan fingerprint density at radius 2 is 1.93 bits per heavy atom. The summed E-state index contributed by atoms with van der Waals surface area (Å²) in [4.78, 5) is 11.4. The Bertz CT molecular complexity index is 585. The molecule has 0 amide bonds. The minimum Gasteiger partial charge on any atom is -0.272 e. The monoisotopic (exact) mass is 261 g/mol. The first-order chi connectivity index (χ1) is 7.09. The average molecular weight is 262 g/mol. The number of hydrogen-bond donors (Lipinski definition) is 2. The van der Waals surface area contributed by atoms with Gasteiger partial charge in [-0.2, -0.15) is 0 Å². The third kappa shape index (κ3) is 1.86. The molecule has 2 rings (SSSR count). The van der Waals surface area contributed by atoms with Crippen LogP contribution in [0.5, 0.6) is 0 Å². The van der Waals surface area contributed by atoms with Crippen molar-refractivity contribution >= 4 is 35.4 Å². The summed E-state index contributed by atoms with van der Waals surface area (Å²) in [7, 11) is 0. The van der Waals surface area contributed by atoms with Crippen LogP contribution in [-0.4, -0.2) is 14.8 Å². The molecule has 0 bridgehead atoms. The maximum absolute atomic E-state index is 11.4. The normalized spacial score (nSPS) is 10.5. The molecule has 0 spiro atoms. The number of halogens is 2. The van der Waals surface area contributed by atoms with E-state index >= 15 is 0 Å². The highest BCUT2D eigenvalue weighted by Gasteiger charge is 2.05. The summed E-state index contributed by atoms with van der Waals surface area (Å²) < 4.78 is 1.57. The molecule has 2 N–H and O–H groups in total. The van der Waals surface area contributed by atoms with Gasteiger partial charge in [0.25, 0.3) is 0 Å². The van der Waals surface area contributed by atoms with Gasteiger partial charge in [0, 0.05) is 0 Å². The molecule has 15 heavy (non-hydrogen) atoms. The van der Waals surface area contributed by atoms with Gasteiger partial charge in [-0.15, -0.1) is 0 Å². The van der Waals surface area contributed by atoms with Gasteiger partial charge in [-0.3, -0.25) is 5.10 Å². The van der Waals surface area contributed by atoms with Gasteiger partial charge in [-0.1, -0.05) is 23.2 Å². The fourth-order valence-corrected chi connectivity index (χ4v) is 1.70. The van der Waals surface area contributed by atoms with Crippen molar-refractivity contribution in [3.05, 3.63) is 43.5 Å². The minimum absolute atomic E-state index is 0.276. The molecular weight excluding hydrogens is 257 g/mol. The third-order valence-electron chi connectivity index (χ3n) is 1.84. The first-order valence-electron chi connectivity index (χ1n) is 3.95. The Morgan fingerprint density at radius 1 is 1.20 bits per heavy atom. The second-order valence-electron chi connectivity index (χ2n) is 2.79. The SMILES string of the molecule is O=c1[nH][nH]c(=S)n1-c1ccc(Cl)c(Cl)c1. The van der Waals surface area contributed by atoms with Crippen LogP contribution in [0.2, 0.25) is 10.0 Å². The van der Waals surface area contributed by atoms with Gasteiger partial charge in [0.05, 0.1) is 15.7 Å². The highest BCUT2D eigenvalue weighted by atomic mass is 35.5. The molecule has 1 aromatic heterocycles. The lowest BCUT2D eigenvalue weighted by molar-refractivity contribution is 0.975. The number of nitrogens with one attached hydrogen (secondary N) is 2. The standard InChI is InChI=1S/C8H5Cl2N3OS/c9-5-2-1-4(3-6(5)10)13-7(14)11-12-8(13)15/h1-3H,(H,11,14)(H,12,15). The summed E-state index contributed by atoms with van der Waals surface area (Å²) >= 11 is 16.5. The molecule has 0 aliphatic carbocycles. The zero-order valence-electron chi connectivity index (χ0n) is 7.25. The molecule has 0 atom stereocenters. The highest BCUT2D eigenvalue weighted by Crippen LogP contribution is 2.23. The molecule has 0 aliphatic heterocycles. The molecule has 1 aromatic carbocycles. The smallest absolute Gasteiger partial charge is 0.272 e. The van der Waals surface area contributed by atoms with E-state index < -0.39 is 0 Å². The number of rotatable bonds is 1. The van der Waals surface area contributed by atoms with E-state index in [0.717, 1.165) is 0 Å². The lowest BCUT2D eigenvalue weighted by Crippen LogP contribution is -2.14. The molecule has 0 saturated carbocycles. The van der Waals surface area contributed by atoms with Gasteiger partial charge in [-0.25, -0.2) is 14.5 Å². The fourth-order valence-electron chi connectivity index (χ4n) is 1.17. The molecule has 1 heterocycles. The van der Waals surface area contributed by atoms with Crippen molar-refractivity contribution in [1.29, 1.82) is 0 Å². The first kappa shape index (κ1) is 10.5. The lowest BCUT2D eigenvalue weighted by atomic mass is 10.3. The molecular formula is C8H5Cl2N3OS. The molecule has 0 fully saturated rings. The van der Waals surface area contributed by atoms with Crippen LogP contribution >= 0.6 is 35.4 Å². The second kappa shape index (κ2) is 3.84. The van der Waals surface area contributed by atoms with Gasteiger partial charge in [0.1, 0.15) is 0 Å². The van der Waals surface area contributed by atoms with Crippen molar-refractivity contribution in [3.63, 3.8) is 0 Å². The van der Waals surface area contributed by atoms with E-state index in [1.54, 1.807) is 18.2 Å². The number of nitrogens with zero attached hydrogens (tertiary/aromatic N) is 1. The lowest BCUT2D eigenvalue weighted by Gasteiger charge is -2.01. The summed E-state index contributed by atoms with van der Waals surface area (Å²) in [5.74, 6) is 0. The number of H-pyrrole nitrogens is 2. The van der Waals surface area contributed by atoms with Crippen LogP contribution in [0.4, 0.5) is 0 Å². The minimum atomic E-state index is -0.349. The fraction of sp³-hybridized carbons (Fsp3) is 0. The van der Waals surface area contributed by atoms with Gasteiger partial charge in [0.2, 0.25) is 4.77 Å². The van der Waals surface area contributed by atoms with E-state index in [4.69, 9.17) is 35.4 Å². The molecule has 78 valence electrons. The summed E-state index contributed by atoms with van der Waals surface area (Å²) in [6.07, 6.45) is 0.